The lowest BCUT2D eigenvalue weighted by Gasteiger charge is -2.30. The second-order valence-corrected chi connectivity index (χ2v) is 13.7. The maximum absolute atomic E-state index is 6.03. The van der Waals surface area contributed by atoms with E-state index in [1.54, 1.807) is 0 Å². The molecule has 0 radical (unpaired) electrons. The molecule has 0 unspecified atom stereocenters. The van der Waals surface area contributed by atoms with Gasteiger partial charge in [-0.2, -0.15) is 0 Å². The summed E-state index contributed by atoms with van der Waals surface area (Å²) in [5.41, 5.74) is 7.49. The predicted molar refractivity (Wildman–Crippen MR) is 93.6 cm³/mol. The minimum atomic E-state index is -1.93. The summed E-state index contributed by atoms with van der Waals surface area (Å²) in [6.07, 6.45) is 2.75. The minimum absolute atomic E-state index is 0.00849. The Morgan fingerprint density at radius 1 is 0.947 bits per heavy atom. The summed E-state index contributed by atoms with van der Waals surface area (Å²) in [6, 6.07) is 1.42. The van der Waals surface area contributed by atoms with Crippen LogP contribution in [0, 0.1) is 0 Å². The van der Waals surface area contributed by atoms with Gasteiger partial charge in [-0.25, -0.2) is 0 Å². The molecule has 108 valence electrons. The molecule has 0 spiro atoms. The number of rotatable bonds is 6. The molecule has 0 amide bonds. The van der Waals surface area contributed by atoms with E-state index in [0.29, 0.717) is 0 Å². The summed E-state index contributed by atoms with van der Waals surface area (Å²) in [7, 11) is -3.85. The first-order chi connectivity index (χ1) is 8.95. The fourth-order valence-electron chi connectivity index (χ4n) is 1.49. The van der Waals surface area contributed by atoms with Crippen molar-refractivity contribution in [2.45, 2.75) is 32.0 Å². The van der Waals surface area contributed by atoms with Gasteiger partial charge in [-0.05, 0) is 25.6 Å². The second-order valence-electron chi connectivity index (χ2n) is 4.96. The van der Waals surface area contributed by atoms with E-state index in [4.69, 9.17) is 8.54 Å². The van der Waals surface area contributed by atoms with Crippen LogP contribution in [0.15, 0.2) is 49.1 Å². The molecule has 5 heteroatoms. The first-order valence-electron chi connectivity index (χ1n) is 6.77. The summed E-state index contributed by atoms with van der Waals surface area (Å²) in [5, 5.41) is 0. The third kappa shape index (κ3) is 7.64. The molecule has 0 aliphatic carbocycles. The molecule has 1 rings (SSSR count). The van der Waals surface area contributed by atoms with E-state index in [2.05, 4.69) is 39.4 Å². The zero-order valence-electron chi connectivity index (χ0n) is 12.5. The van der Waals surface area contributed by atoms with Crippen molar-refractivity contribution in [2.75, 3.05) is 6.61 Å². The lowest BCUT2D eigenvalue weighted by Crippen LogP contribution is -2.43. The van der Waals surface area contributed by atoms with Gasteiger partial charge in [0, 0.05) is 6.61 Å². The van der Waals surface area contributed by atoms with Crippen LogP contribution in [-0.4, -0.2) is 33.0 Å². The highest BCUT2D eigenvalue weighted by molar-refractivity contribution is 6.94. The maximum atomic E-state index is 6.03. The highest BCUT2D eigenvalue weighted by Gasteiger charge is 2.31. The highest BCUT2D eigenvalue weighted by Crippen LogP contribution is 2.17. The second kappa shape index (κ2) is 9.44. The van der Waals surface area contributed by atoms with Crippen molar-refractivity contribution in [1.29, 1.82) is 0 Å². The Kier molecular flexibility index (Phi) is 9.20. The van der Waals surface area contributed by atoms with Crippen molar-refractivity contribution in [3.8, 4) is 0 Å². The normalized spacial score (nSPS) is 16.9. The molecule has 0 N–H and O–H groups in total. The van der Waals surface area contributed by atoms with Gasteiger partial charge in [0.1, 0.15) is 0 Å². The summed E-state index contributed by atoms with van der Waals surface area (Å²) >= 11 is 0. The Labute approximate surface area is 123 Å². The molecular weight excluding hydrogens is 284 g/mol. The van der Waals surface area contributed by atoms with Gasteiger partial charge in [0.2, 0.25) is 16.6 Å². The van der Waals surface area contributed by atoms with Crippen LogP contribution in [0.2, 0.25) is 19.1 Å². The van der Waals surface area contributed by atoms with Gasteiger partial charge in [0.25, 0.3) is 0 Å². The van der Waals surface area contributed by atoms with Crippen LogP contribution >= 0.6 is 0 Å². The molecule has 1 saturated heterocycles. The van der Waals surface area contributed by atoms with E-state index in [-0.39, 0.29) is 9.76 Å². The Morgan fingerprint density at radius 2 is 1.42 bits per heavy atom. The fraction of sp³-hybridized carbons (Fsp3) is 0.429. The topological polar surface area (TPSA) is 18.5 Å². The Balaban J connectivity index is 0.000000443. The first kappa shape index (κ1) is 18.5. The van der Waals surface area contributed by atoms with E-state index in [0.717, 1.165) is 6.61 Å². The molecule has 19 heavy (non-hydrogen) atoms. The summed E-state index contributed by atoms with van der Waals surface area (Å²) in [5.74, 6) is 0. The van der Waals surface area contributed by atoms with Crippen molar-refractivity contribution in [2.24, 2.45) is 0 Å². The molecule has 0 aromatic carbocycles. The van der Waals surface area contributed by atoms with Crippen LogP contribution in [0.1, 0.15) is 12.8 Å². The van der Waals surface area contributed by atoms with Gasteiger partial charge in [-0.3, -0.25) is 0 Å². The van der Waals surface area contributed by atoms with Crippen molar-refractivity contribution >= 4 is 26.4 Å². The standard InChI is InChI=1S/C10H18OSi2.C4H10OSi/c1-7-12(5,8-2)11-13(6,9-3)10-4;1-2-4-6-5-3-1/h7-10H,1-4H2,5-6H3;1-4,6H2. The third-order valence-electron chi connectivity index (χ3n) is 3.14. The molecule has 0 atom stereocenters. The van der Waals surface area contributed by atoms with Gasteiger partial charge >= 0.3 is 0 Å². The Hall–Kier alpha value is -0.469. The average molecular weight is 313 g/mol. The van der Waals surface area contributed by atoms with Crippen LogP contribution in [0.5, 0.6) is 0 Å². The molecule has 0 saturated carbocycles. The monoisotopic (exact) mass is 312 g/mol. The van der Waals surface area contributed by atoms with Crippen molar-refractivity contribution in [3.05, 3.63) is 49.1 Å². The van der Waals surface area contributed by atoms with Gasteiger partial charge in [-0.1, -0.05) is 29.2 Å². The maximum Gasteiger partial charge on any atom is 0.226 e. The van der Waals surface area contributed by atoms with E-state index < -0.39 is 16.6 Å². The van der Waals surface area contributed by atoms with Crippen LogP contribution in [0.3, 0.4) is 0 Å². The summed E-state index contributed by atoms with van der Waals surface area (Å²) in [4.78, 5) is 0. The molecule has 2 nitrogen and oxygen atoms in total. The van der Waals surface area contributed by atoms with Crippen LogP contribution in [0.4, 0.5) is 0 Å². The fourth-order valence-corrected chi connectivity index (χ4v) is 8.12. The summed E-state index contributed by atoms with van der Waals surface area (Å²) < 4.78 is 11.2. The van der Waals surface area contributed by atoms with Gasteiger partial charge < -0.3 is 8.54 Å². The quantitative estimate of drug-likeness (QED) is 0.700. The summed E-state index contributed by atoms with van der Waals surface area (Å²) in [6.45, 7) is 20.3. The molecular formula is C14H28O2Si3. The van der Waals surface area contributed by atoms with E-state index >= 15 is 0 Å². The average Bonchev–Trinajstić information content (AvgIpc) is 2.49. The Bertz CT molecular complexity index is 260. The molecule has 0 aromatic heterocycles. The molecule has 0 aromatic rings. The van der Waals surface area contributed by atoms with Gasteiger partial charge in [0.15, 0.2) is 9.76 Å². The zero-order valence-corrected chi connectivity index (χ0v) is 15.9. The van der Waals surface area contributed by atoms with E-state index in [9.17, 15) is 0 Å². The Morgan fingerprint density at radius 3 is 1.58 bits per heavy atom. The molecule has 0 bridgehead atoms. The zero-order chi connectivity index (χ0) is 14.8. The lowest BCUT2D eigenvalue weighted by atomic mass is 10.4. The first-order valence-corrected chi connectivity index (χ1v) is 13.5. The third-order valence-corrected chi connectivity index (χ3v) is 11.3. The largest absolute Gasteiger partial charge is 0.443 e. The smallest absolute Gasteiger partial charge is 0.226 e. The highest BCUT2D eigenvalue weighted by atomic mass is 28.4. The van der Waals surface area contributed by atoms with Crippen molar-refractivity contribution in [3.63, 3.8) is 0 Å². The van der Waals surface area contributed by atoms with Crippen LogP contribution in [-0.2, 0) is 8.54 Å². The lowest BCUT2D eigenvalue weighted by molar-refractivity contribution is 0.304. The van der Waals surface area contributed by atoms with Gasteiger partial charge in [0.05, 0.1) is 0 Å². The van der Waals surface area contributed by atoms with E-state index in [1.807, 2.05) is 22.8 Å². The predicted octanol–water partition coefficient (Wildman–Crippen LogP) is 3.35. The van der Waals surface area contributed by atoms with E-state index in [1.165, 1.54) is 18.9 Å². The molecule has 1 aliphatic rings. The molecule has 1 aliphatic heterocycles. The van der Waals surface area contributed by atoms with Crippen LogP contribution < -0.4 is 0 Å². The molecule has 1 heterocycles. The van der Waals surface area contributed by atoms with Crippen LogP contribution in [0.25, 0.3) is 0 Å². The van der Waals surface area contributed by atoms with Gasteiger partial charge in [-0.15, -0.1) is 26.3 Å². The number of hydrogen-bond acceptors (Lipinski definition) is 2. The van der Waals surface area contributed by atoms with Crippen molar-refractivity contribution in [1.82, 2.24) is 0 Å². The number of hydrogen-bond donors (Lipinski definition) is 0. The SMILES string of the molecule is C1CC[SiH2]OC1.C=C[Si](C)(C=C)O[Si](C)(C=C)C=C. The minimum Gasteiger partial charge on any atom is -0.443 e. The van der Waals surface area contributed by atoms with Crippen molar-refractivity contribution < 1.29 is 8.54 Å². The molecule has 1 fully saturated rings.